The lowest BCUT2D eigenvalue weighted by atomic mass is 9.97. The molecule has 12 heteroatoms. The normalized spacial score (nSPS) is 10.9. The van der Waals surface area contributed by atoms with Gasteiger partial charge < -0.3 is 14.8 Å². The number of anilines is 1. The Morgan fingerprint density at radius 3 is 2.58 bits per heavy atom. The number of aryl methyl sites for hydroxylation is 2. The number of methoxy groups -OCH3 is 1. The number of carbonyl (C=O) groups is 2. The van der Waals surface area contributed by atoms with Crippen LogP contribution in [0.3, 0.4) is 0 Å². The van der Waals surface area contributed by atoms with Gasteiger partial charge in [0, 0.05) is 23.1 Å². The van der Waals surface area contributed by atoms with Crippen molar-refractivity contribution in [3.05, 3.63) is 77.2 Å². The highest BCUT2D eigenvalue weighted by molar-refractivity contribution is 7.99. The van der Waals surface area contributed by atoms with E-state index in [1.165, 1.54) is 30.6 Å². The molecule has 208 valence electrons. The van der Waals surface area contributed by atoms with Crippen LogP contribution in [-0.4, -0.2) is 46.1 Å². The highest BCUT2D eigenvalue weighted by Crippen LogP contribution is 2.38. The van der Waals surface area contributed by atoms with Crippen LogP contribution >= 0.6 is 23.1 Å². The molecule has 8 nitrogen and oxygen atoms in total. The van der Waals surface area contributed by atoms with Gasteiger partial charge in [0.25, 0.3) is 0 Å². The van der Waals surface area contributed by atoms with Crippen molar-refractivity contribution in [2.45, 2.75) is 32.2 Å². The Bertz CT molecular complexity index is 1530. The fourth-order valence-electron chi connectivity index (χ4n) is 3.96. The topological polar surface area (TPSA) is 95.3 Å². The van der Waals surface area contributed by atoms with Crippen molar-refractivity contribution in [1.82, 2.24) is 14.8 Å². The molecule has 40 heavy (non-hydrogen) atoms. The second-order valence-corrected chi connectivity index (χ2v) is 10.4. The van der Waals surface area contributed by atoms with Crippen molar-refractivity contribution in [2.75, 3.05) is 18.2 Å². The number of halogens is 2. The van der Waals surface area contributed by atoms with Crippen molar-refractivity contribution in [3.63, 3.8) is 0 Å². The lowest BCUT2D eigenvalue weighted by Gasteiger charge is -2.11. The fraction of sp³-hybridized carbons (Fsp3) is 0.214. The van der Waals surface area contributed by atoms with Gasteiger partial charge in [0.15, 0.2) is 11.0 Å². The van der Waals surface area contributed by atoms with E-state index in [0.29, 0.717) is 39.2 Å². The summed E-state index contributed by atoms with van der Waals surface area (Å²) >= 11 is 2.41. The number of ether oxygens (including phenoxy) is 2. The Balaban J connectivity index is 1.52. The summed E-state index contributed by atoms with van der Waals surface area (Å²) in [6.45, 7) is 5.15. The molecule has 0 saturated heterocycles. The van der Waals surface area contributed by atoms with Crippen molar-refractivity contribution >= 4 is 40.0 Å². The molecule has 0 atom stereocenters. The monoisotopic (exact) mass is 584 g/mol. The molecule has 1 N–H and O–H groups in total. The number of thiophene rings is 1. The summed E-state index contributed by atoms with van der Waals surface area (Å²) in [6.07, 6.45) is 1.66. The Kier molecular flexibility index (Phi) is 9.33. The quantitative estimate of drug-likeness (QED) is 0.121. The van der Waals surface area contributed by atoms with E-state index < -0.39 is 12.6 Å². The van der Waals surface area contributed by atoms with Crippen LogP contribution in [0.5, 0.6) is 5.75 Å². The number of aromatic nitrogens is 3. The van der Waals surface area contributed by atoms with Gasteiger partial charge in [0.1, 0.15) is 16.3 Å². The van der Waals surface area contributed by atoms with Crippen LogP contribution in [0, 0.1) is 13.8 Å². The van der Waals surface area contributed by atoms with Crippen molar-refractivity contribution in [1.29, 1.82) is 0 Å². The first kappa shape index (κ1) is 29.0. The third-order valence-electron chi connectivity index (χ3n) is 5.82. The molecular formula is C28H26F2N4O4S2. The number of allylic oxidation sites excluding steroid dienone is 1. The van der Waals surface area contributed by atoms with Gasteiger partial charge in [0.05, 0.1) is 12.9 Å². The third-order valence-corrected chi connectivity index (χ3v) is 7.68. The van der Waals surface area contributed by atoms with E-state index >= 15 is 0 Å². The van der Waals surface area contributed by atoms with Crippen LogP contribution in [0.4, 0.5) is 13.8 Å². The molecule has 0 fully saturated rings. The summed E-state index contributed by atoms with van der Waals surface area (Å²) in [6, 6.07) is 12.0. The highest BCUT2D eigenvalue weighted by atomic mass is 32.2. The number of alkyl halides is 2. The van der Waals surface area contributed by atoms with Gasteiger partial charge in [-0.15, -0.1) is 28.1 Å². The van der Waals surface area contributed by atoms with Crippen LogP contribution in [-0.2, 0) is 16.1 Å². The average Bonchev–Trinajstić information content (AvgIpc) is 3.53. The maximum Gasteiger partial charge on any atom is 0.387 e. The van der Waals surface area contributed by atoms with Crippen molar-refractivity contribution < 1.29 is 27.8 Å². The van der Waals surface area contributed by atoms with Gasteiger partial charge in [-0.1, -0.05) is 41.6 Å². The first-order valence-corrected chi connectivity index (χ1v) is 13.9. The van der Waals surface area contributed by atoms with Gasteiger partial charge >= 0.3 is 12.6 Å². The molecule has 1 amide bonds. The number of amides is 1. The number of hydrogen-bond acceptors (Lipinski definition) is 8. The minimum Gasteiger partial charge on any atom is -0.465 e. The Morgan fingerprint density at radius 2 is 1.90 bits per heavy atom. The molecule has 2 heterocycles. The standard InChI is InChI=1S/C28H26F2N4O4S2/c1-5-12-34-24(18-8-10-19(11-9-18)38-27(29)30)32-33-28(34)40-15-22(35)31-25-23(26(36)37-4)21(14-39-25)20-13-16(2)6-7-17(20)3/h5-11,13-14,27H,1,12,15H2,2-4H3,(H,31,35). The van der Waals surface area contributed by atoms with Crippen LogP contribution in [0.15, 0.2) is 65.7 Å². The molecule has 0 aliphatic rings. The van der Waals surface area contributed by atoms with Crippen LogP contribution in [0.2, 0.25) is 0 Å². The molecule has 0 radical (unpaired) electrons. The zero-order valence-corrected chi connectivity index (χ0v) is 23.6. The predicted molar refractivity (Wildman–Crippen MR) is 152 cm³/mol. The first-order valence-electron chi connectivity index (χ1n) is 12.0. The van der Waals surface area contributed by atoms with Crippen LogP contribution in [0.25, 0.3) is 22.5 Å². The van der Waals surface area contributed by atoms with E-state index in [1.54, 1.807) is 22.8 Å². The summed E-state index contributed by atoms with van der Waals surface area (Å²) < 4.78 is 36.1. The summed E-state index contributed by atoms with van der Waals surface area (Å²) in [7, 11) is 1.30. The van der Waals surface area contributed by atoms with E-state index in [1.807, 2.05) is 37.4 Å². The summed E-state index contributed by atoms with van der Waals surface area (Å²) in [5.41, 5.74) is 4.57. The molecule has 2 aromatic carbocycles. The second kappa shape index (κ2) is 12.9. The predicted octanol–water partition coefficient (Wildman–Crippen LogP) is 6.60. The molecule has 0 aliphatic heterocycles. The van der Waals surface area contributed by atoms with Gasteiger partial charge in [-0.25, -0.2) is 4.79 Å². The molecule has 4 aromatic rings. The molecule has 0 bridgehead atoms. The molecule has 0 spiro atoms. The van der Waals surface area contributed by atoms with Gasteiger partial charge in [-0.05, 0) is 49.2 Å². The summed E-state index contributed by atoms with van der Waals surface area (Å²) in [5.74, 6) is -0.377. The number of hydrogen-bond donors (Lipinski definition) is 1. The molecule has 2 aromatic heterocycles. The van der Waals surface area contributed by atoms with E-state index in [2.05, 4.69) is 26.8 Å². The fourth-order valence-corrected chi connectivity index (χ4v) is 5.67. The number of nitrogens with one attached hydrogen (secondary N) is 1. The van der Waals surface area contributed by atoms with E-state index in [9.17, 15) is 18.4 Å². The minimum atomic E-state index is -2.92. The van der Waals surface area contributed by atoms with Crippen molar-refractivity contribution in [3.8, 4) is 28.3 Å². The number of esters is 1. The van der Waals surface area contributed by atoms with Gasteiger partial charge in [0.2, 0.25) is 5.91 Å². The largest absolute Gasteiger partial charge is 0.465 e. The van der Waals surface area contributed by atoms with E-state index in [-0.39, 0.29) is 17.4 Å². The zero-order valence-electron chi connectivity index (χ0n) is 21.9. The third kappa shape index (κ3) is 6.57. The summed E-state index contributed by atoms with van der Waals surface area (Å²) in [4.78, 5) is 25.7. The smallest absolute Gasteiger partial charge is 0.387 e. The van der Waals surface area contributed by atoms with Crippen LogP contribution < -0.4 is 10.1 Å². The maximum atomic E-state index is 13.0. The number of nitrogens with zero attached hydrogens (tertiary/aromatic N) is 3. The van der Waals surface area contributed by atoms with Gasteiger partial charge in [-0.3, -0.25) is 9.36 Å². The number of rotatable bonds is 11. The lowest BCUT2D eigenvalue weighted by molar-refractivity contribution is -0.113. The molecule has 0 unspecified atom stereocenters. The van der Waals surface area contributed by atoms with Crippen molar-refractivity contribution in [2.24, 2.45) is 0 Å². The molecule has 0 saturated carbocycles. The first-order chi connectivity index (χ1) is 19.2. The van der Waals surface area contributed by atoms with Crippen LogP contribution in [0.1, 0.15) is 21.5 Å². The Morgan fingerprint density at radius 1 is 1.15 bits per heavy atom. The molecule has 0 aliphatic carbocycles. The second-order valence-electron chi connectivity index (χ2n) is 8.61. The Hall–Kier alpha value is -4.03. The highest BCUT2D eigenvalue weighted by Gasteiger charge is 2.24. The average molecular weight is 585 g/mol. The number of thioether (sulfide) groups is 1. The lowest BCUT2D eigenvalue weighted by Crippen LogP contribution is -2.16. The Labute approximate surface area is 238 Å². The maximum absolute atomic E-state index is 13.0. The van der Waals surface area contributed by atoms with E-state index in [0.717, 1.165) is 28.5 Å². The number of benzene rings is 2. The molecular weight excluding hydrogens is 558 g/mol. The summed E-state index contributed by atoms with van der Waals surface area (Å²) in [5, 5.41) is 14.0. The van der Waals surface area contributed by atoms with Gasteiger partial charge in [-0.2, -0.15) is 8.78 Å². The van der Waals surface area contributed by atoms with E-state index in [4.69, 9.17) is 4.74 Å². The molecule has 4 rings (SSSR count). The SMILES string of the molecule is C=CCn1c(SCC(=O)Nc2scc(-c3cc(C)ccc3C)c2C(=O)OC)nnc1-c1ccc(OC(F)F)cc1. The zero-order chi connectivity index (χ0) is 28.8. The number of carbonyl (C=O) groups excluding carboxylic acids is 2. The minimum absolute atomic E-state index is 0.00619.